The Morgan fingerprint density at radius 2 is 1.00 bits per heavy atom. The lowest BCUT2D eigenvalue weighted by atomic mass is 9.81. The minimum Gasteiger partial charge on any atom is -0.456 e. The van der Waals surface area contributed by atoms with E-state index in [4.69, 9.17) is 19.4 Å². The van der Waals surface area contributed by atoms with Gasteiger partial charge >= 0.3 is 0 Å². The number of benzene rings is 10. The summed E-state index contributed by atoms with van der Waals surface area (Å²) < 4.78 is 8.86. The standard InChI is InChI=1S/C72H49N5O/c1-72(2)61-29-10-6-23-53(61)54-36-33-48(41-62(54)72)46-20-14-19-45(39-46)47-21-15-22-49(40-47)52-27-16-28-59-60-43-51(76-63-30-11-7-24-55(63)56-25-8-12-31-64(56)76)35-38-65(60)77(68(52)59)71-74-69(44-17-4-3-5-18-44)73-70(75-71)50-34-37-58-57-26-9-13-32-66(57)78-67(58)42-50/h3-43,60,65H,1-2H3. The van der Waals surface area contributed by atoms with Crippen molar-refractivity contribution in [2.45, 2.75) is 31.2 Å². The molecule has 3 aliphatic rings. The summed E-state index contributed by atoms with van der Waals surface area (Å²) >= 11 is 0. The van der Waals surface area contributed by atoms with Crippen LogP contribution >= 0.6 is 0 Å². The predicted molar refractivity (Wildman–Crippen MR) is 320 cm³/mol. The van der Waals surface area contributed by atoms with Gasteiger partial charge < -0.3 is 13.9 Å². The summed E-state index contributed by atoms with van der Waals surface area (Å²) in [4.78, 5) is 18.6. The molecular formula is C72H49N5O. The smallest absolute Gasteiger partial charge is 0.234 e. The van der Waals surface area contributed by atoms with Gasteiger partial charge in [-0.2, -0.15) is 9.97 Å². The summed E-state index contributed by atoms with van der Waals surface area (Å²) in [5.74, 6) is 1.70. The molecule has 16 rings (SSSR count). The highest BCUT2D eigenvalue weighted by Gasteiger charge is 2.42. The van der Waals surface area contributed by atoms with Crippen LogP contribution in [0.2, 0.25) is 0 Å². The molecule has 13 aromatic rings. The number of allylic oxidation sites excluding steroid dienone is 2. The summed E-state index contributed by atoms with van der Waals surface area (Å²) in [7, 11) is 0. The maximum Gasteiger partial charge on any atom is 0.234 e. The maximum absolute atomic E-state index is 6.44. The second-order valence-electron chi connectivity index (χ2n) is 21.5. The molecule has 0 bridgehead atoms. The third-order valence-corrected chi connectivity index (χ3v) is 16.8. The van der Waals surface area contributed by atoms with E-state index in [1.165, 1.54) is 60.8 Å². The van der Waals surface area contributed by atoms with Crippen molar-refractivity contribution >= 4 is 61.1 Å². The molecule has 0 spiro atoms. The molecule has 6 heteroatoms. The molecule has 0 N–H and O–H groups in total. The van der Waals surface area contributed by atoms with E-state index in [0.29, 0.717) is 17.6 Å². The fourth-order valence-corrected chi connectivity index (χ4v) is 13.1. The first kappa shape index (κ1) is 44.4. The summed E-state index contributed by atoms with van der Waals surface area (Å²) in [6.07, 6.45) is 7.12. The van der Waals surface area contributed by atoms with Gasteiger partial charge in [0.2, 0.25) is 5.95 Å². The zero-order valence-electron chi connectivity index (χ0n) is 43.0. The molecule has 4 heterocycles. The normalized spacial score (nSPS) is 15.9. The van der Waals surface area contributed by atoms with Crippen molar-refractivity contribution in [3.63, 3.8) is 0 Å². The summed E-state index contributed by atoms with van der Waals surface area (Å²) in [5, 5.41) is 4.61. The van der Waals surface area contributed by atoms with Crippen molar-refractivity contribution in [1.82, 2.24) is 19.5 Å². The molecule has 0 saturated heterocycles. The summed E-state index contributed by atoms with van der Waals surface area (Å²) in [6.45, 7) is 4.70. The van der Waals surface area contributed by atoms with Crippen LogP contribution in [0.3, 0.4) is 0 Å². The average molecular weight is 1000 g/mol. The second-order valence-corrected chi connectivity index (χ2v) is 21.5. The lowest BCUT2D eigenvalue weighted by molar-refractivity contribution is 0.660. The van der Waals surface area contributed by atoms with E-state index in [0.717, 1.165) is 66.7 Å². The van der Waals surface area contributed by atoms with Crippen LogP contribution in [0.4, 0.5) is 11.6 Å². The van der Waals surface area contributed by atoms with Crippen molar-refractivity contribution in [2.24, 2.45) is 0 Å². The zero-order chi connectivity index (χ0) is 51.6. The van der Waals surface area contributed by atoms with Crippen molar-refractivity contribution < 1.29 is 4.42 Å². The molecule has 10 aromatic carbocycles. The maximum atomic E-state index is 6.44. The third kappa shape index (κ3) is 6.79. The Kier molecular flexibility index (Phi) is 9.71. The monoisotopic (exact) mass is 999 g/mol. The van der Waals surface area contributed by atoms with E-state index in [9.17, 15) is 0 Å². The van der Waals surface area contributed by atoms with E-state index in [1.807, 2.05) is 30.3 Å². The molecule has 1 aliphatic heterocycles. The molecule has 2 atom stereocenters. The van der Waals surface area contributed by atoms with Crippen LogP contribution < -0.4 is 4.90 Å². The lowest BCUT2D eigenvalue weighted by Gasteiger charge is -2.29. The first-order valence-corrected chi connectivity index (χ1v) is 26.9. The summed E-state index contributed by atoms with van der Waals surface area (Å²) in [5.41, 5.74) is 21.5. The quantitative estimate of drug-likeness (QED) is 0.159. The van der Waals surface area contributed by atoms with Crippen LogP contribution in [-0.2, 0) is 5.41 Å². The SMILES string of the molecule is CC1(C)c2ccccc2-c2ccc(-c3cccc(-c4cccc(-c5cccc6c5N(c5nc(-c7ccccc7)nc(-c7ccc8c(c7)oc7ccccc78)n5)C5C=CC(n7c8ccccc8c8ccccc87)=CC65)c4)c3)cc21. The highest BCUT2D eigenvalue weighted by molar-refractivity contribution is 6.11. The number of fused-ring (bicyclic) bond motifs is 12. The van der Waals surface area contributed by atoms with Gasteiger partial charge in [0.15, 0.2) is 11.6 Å². The van der Waals surface area contributed by atoms with Gasteiger partial charge in [0.25, 0.3) is 0 Å². The van der Waals surface area contributed by atoms with E-state index in [2.05, 4.69) is 242 Å². The van der Waals surface area contributed by atoms with Crippen molar-refractivity contribution in [1.29, 1.82) is 0 Å². The Bertz CT molecular complexity index is 4640. The summed E-state index contributed by atoms with van der Waals surface area (Å²) in [6, 6.07) is 82.8. The topological polar surface area (TPSA) is 60.0 Å². The van der Waals surface area contributed by atoms with Crippen LogP contribution in [0.25, 0.3) is 117 Å². The zero-order valence-corrected chi connectivity index (χ0v) is 43.0. The van der Waals surface area contributed by atoms with Crippen LogP contribution in [0.15, 0.2) is 253 Å². The fourth-order valence-electron chi connectivity index (χ4n) is 13.1. The highest BCUT2D eigenvalue weighted by atomic mass is 16.3. The first-order chi connectivity index (χ1) is 38.4. The van der Waals surface area contributed by atoms with Crippen molar-refractivity contribution in [3.05, 3.63) is 265 Å². The Hall–Kier alpha value is -9.91. The van der Waals surface area contributed by atoms with Crippen LogP contribution in [0.1, 0.15) is 36.5 Å². The van der Waals surface area contributed by atoms with Gasteiger partial charge in [-0.05, 0) is 110 Å². The lowest BCUT2D eigenvalue weighted by Crippen LogP contribution is -2.31. The fraction of sp³-hybridized carbons (Fsp3) is 0.0694. The number of para-hydroxylation sites is 4. The van der Waals surface area contributed by atoms with E-state index in [1.54, 1.807) is 0 Å². The Balaban J connectivity index is 0.859. The molecule has 2 unspecified atom stereocenters. The van der Waals surface area contributed by atoms with Gasteiger partial charge in [-0.3, -0.25) is 0 Å². The molecule has 6 nitrogen and oxygen atoms in total. The number of nitrogens with zero attached hydrogens (tertiary/aromatic N) is 5. The Labute approximate surface area is 451 Å². The predicted octanol–water partition coefficient (Wildman–Crippen LogP) is 18.2. The Morgan fingerprint density at radius 1 is 0.423 bits per heavy atom. The molecule has 78 heavy (non-hydrogen) atoms. The third-order valence-electron chi connectivity index (χ3n) is 16.8. The minimum atomic E-state index is -0.153. The van der Waals surface area contributed by atoms with Gasteiger partial charge in [0, 0.05) is 55.3 Å². The van der Waals surface area contributed by atoms with Crippen LogP contribution in [-0.4, -0.2) is 25.6 Å². The van der Waals surface area contributed by atoms with E-state index < -0.39 is 0 Å². The molecular weight excluding hydrogens is 951 g/mol. The highest BCUT2D eigenvalue weighted by Crippen LogP contribution is 2.54. The van der Waals surface area contributed by atoms with Crippen LogP contribution in [0.5, 0.6) is 0 Å². The second kappa shape index (κ2) is 17.1. The van der Waals surface area contributed by atoms with Crippen LogP contribution in [0, 0.1) is 0 Å². The molecule has 0 amide bonds. The molecule has 0 saturated carbocycles. The van der Waals surface area contributed by atoms with Gasteiger partial charge in [-0.15, -0.1) is 0 Å². The number of rotatable bonds is 7. The number of hydrogen-bond acceptors (Lipinski definition) is 5. The number of anilines is 2. The van der Waals surface area contributed by atoms with Gasteiger partial charge in [0.05, 0.1) is 22.8 Å². The average Bonchev–Trinajstić information content (AvgIpc) is 4.41. The van der Waals surface area contributed by atoms with E-state index in [-0.39, 0.29) is 17.4 Å². The van der Waals surface area contributed by atoms with Gasteiger partial charge in [-0.25, -0.2) is 4.98 Å². The van der Waals surface area contributed by atoms with Crippen molar-refractivity contribution in [3.8, 4) is 67.3 Å². The first-order valence-electron chi connectivity index (χ1n) is 26.9. The van der Waals surface area contributed by atoms with Gasteiger partial charge in [-0.1, -0.05) is 208 Å². The molecule has 3 aromatic heterocycles. The molecule has 2 aliphatic carbocycles. The number of furan rings is 1. The largest absolute Gasteiger partial charge is 0.456 e. The van der Waals surface area contributed by atoms with Gasteiger partial charge in [0.1, 0.15) is 11.2 Å². The number of aromatic nitrogens is 4. The van der Waals surface area contributed by atoms with Crippen molar-refractivity contribution in [2.75, 3.05) is 4.90 Å². The Morgan fingerprint density at radius 3 is 1.78 bits per heavy atom. The molecule has 368 valence electrons. The molecule has 0 radical (unpaired) electrons. The minimum absolute atomic E-state index is 0.0443. The molecule has 0 fully saturated rings. The van der Waals surface area contributed by atoms with E-state index >= 15 is 0 Å². The number of hydrogen-bond donors (Lipinski definition) is 0.